The van der Waals surface area contributed by atoms with Crippen molar-refractivity contribution in [3.8, 4) is 11.5 Å². The number of anilines is 1. The second kappa shape index (κ2) is 7.97. The molecule has 2 amide bonds. The Hall–Kier alpha value is -3.22. The van der Waals surface area contributed by atoms with Crippen LogP contribution in [0.5, 0.6) is 11.5 Å². The molecule has 2 aromatic carbocycles. The van der Waals surface area contributed by atoms with Gasteiger partial charge < -0.3 is 25.4 Å². The summed E-state index contributed by atoms with van der Waals surface area (Å²) >= 11 is 0. The topological polar surface area (TPSA) is 88.7 Å². The van der Waals surface area contributed by atoms with Crippen molar-refractivity contribution in [3.63, 3.8) is 0 Å². The molecular weight excluding hydrogens is 418 g/mol. The Kier molecular flexibility index (Phi) is 5.22. The average Bonchev–Trinajstić information content (AvgIpc) is 2.82. The minimum atomic E-state index is -0.495. The third-order valence-corrected chi connectivity index (χ3v) is 7.93. The predicted molar refractivity (Wildman–Crippen MR) is 125 cm³/mol. The smallest absolute Gasteiger partial charge is 0.255 e. The van der Waals surface area contributed by atoms with Crippen LogP contribution >= 0.6 is 0 Å². The fourth-order valence-electron chi connectivity index (χ4n) is 6.18. The monoisotopic (exact) mass is 449 g/mol. The largest absolute Gasteiger partial charge is 0.497 e. The molecule has 3 unspecified atom stereocenters. The highest BCUT2D eigenvalue weighted by Crippen LogP contribution is 2.58. The second-order valence-corrected chi connectivity index (χ2v) is 9.85. The summed E-state index contributed by atoms with van der Waals surface area (Å²) in [5.74, 6) is 1.56. The number of carbonyl (C=O) groups is 2. The van der Waals surface area contributed by atoms with Crippen molar-refractivity contribution in [1.29, 1.82) is 0 Å². The van der Waals surface area contributed by atoms with Crippen LogP contribution in [0.25, 0.3) is 0 Å². The summed E-state index contributed by atoms with van der Waals surface area (Å²) in [6.07, 6.45) is 3.43. The Bertz CT molecular complexity index is 1100. The standard InChI is InChI=1S/C26H31N3O4/c1-25-11-10-17(26(15-25)28-21-7-5-4-6-19(21)23(30)29-26)13-20(25)24(31)27-14-16-12-18(32-2)8-9-22(16)33-3/h4-9,12,17,20,28H,10-11,13-15H2,1-3H3,(H,27,31)(H,29,30)/t17?,20?,25?,26-/m0/s1. The molecule has 3 aliphatic carbocycles. The van der Waals surface area contributed by atoms with E-state index in [4.69, 9.17) is 9.47 Å². The lowest BCUT2D eigenvalue weighted by Gasteiger charge is -2.60. The predicted octanol–water partition coefficient (Wildman–Crippen LogP) is 3.70. The molecule has 1 spiro atoms. The van der Waals surface area contributed by atoms with Crippen molar-refractivity contribution < 1.29 is 19.1 Å². The summed E-state index contributed by atoms with van der Waals surface area (Å²) in [5.41, 5.74) is 1.74. The SMILES string of the molecule is COc1ccc(OC)c(CNC(=O)C2CC3CCC2(C)C[C@]32NC(=O)c3ccccc3N2)c1. The number of benzene rings is 2. The quantitative estimate of drug-likeness (QED) is 0.648. The number of amides is 2. The number of para-hydroxylation sites is 1. The minimum Gasteiger partial charge on any atom is -0.497 e. The van der Waals surface area contributed by atoms with Crippen molar-refractivity contribution >= 4 is 17.5 Å². The first-order valence-electron chi connectivity index (χ1n) is 11.6. The molecule has 1 aliphatic heterocycles. The van der Waals surface area contributed by atoms with Gasteiger partial charge in [0.15, 0.2) is 0 Å². The highest BCUT2D eigenvalue weighted by Gasteiger charge is 2.60. The van der Waals surface area contributed by atoms with Gasteiger partial charge in [0, 0.05) is 29.6 Å². The molecule has 3 saturated carbocycles. The van der Waals surface area contributed by atoms with Gasteiger partial charge in [-0.2, -0.15) is 0 Å². The van der Waals surface area contributed by atoms with Gasteiger partial charge in [-0.25, -0.2) is 0 Å². The van der Waals surface area contributed by atoms with Crippen molar-refractivity contribution in [2.75, 3.05) is 19.5 Å². The van der Waals surface area contributed by atoms with Gasteiger partial charge in [0.1, 0.15) is 17.2 Å². The van der Waals surface area contributed by atoms with E-state index in [9.17, 15) is 9.59 Å². The molecule has 0 saturated heterocycles. The zero-order valence-electron chi connectivity index (χ0n) is 19.4. The van der Waals surface area contributed by atoms with Crippen LogP contribution < -0.4 is 25.4 Å². The Morgan fingerprint density at radius 3 is 2.73 bits per heavy atom. The maximum absolute atomic E-state index is 13.4. The Balaban J connectivity index is 1.33. The summed E-state index contributed by atoms with van der Waals surface area (Å²) in [7, 11) is 3.24. The van der Waals surface area contributed by atoms with E-state index in [1.807, 2.05) is 42.5 Å². The van der Waals surface area contributed by atoms with Gasteiger partial charge in [-0.15, -0.1) is 0 Å². The van der Waals surface area contributed by atoms with Gasteiger partial charge in [-0.3, -0.25) is 9.59 Å². The summed E-state index contributed by atoms with van der Waals surface area (Å²) in [5, 5.41) is 10.1. The maximum Gasteiger partial charge on any atom is 0.255 e. The first-order chi connectivity index (χ1) is 15.9. The molecule has 2 bridgehead atoms. The summed E-state index contributed by atoms with van der Waals surface area (Å²) in [6.45, 7) is 2.57. The zero-order valence-corrected chi connectivity index (χ0v) is 19.4. The van der Waals surface area contributed by atoms with Crippen LogP contribution in [0.2, 0.25) is 0 Å². The Morgan fingerprint density at radius 2 is 1.97 bits per heavy atom. The molecule has 4 aliphatic rings. The minimum absolute atomic E-state index is 0.0355. The summed E-state index contributed by atoms with van der Waals surface area (Å²) in [4.78, 5) is 26.2. The van der Waals surface area contributed by atoms with E-state index in [0.717, 1.165) is 48.4 Å². The average molecular weight is 450 g/mol. The molecule has 3 fully saturated rings. The maximum atomic E-state index is 13.4. The second-order valence-electron chi connectivity index (χ2n) is 9.85. The summed E-state index contributed by atoms with van der Waals surface area (Å²) < 4.78 is 10.8. The van der Waals surface area contributed by atoms with E-state index in [-0.39, 0.29) is 29.1 Å². The van der Waals surface area contributed by atoms with Crippen molar-refractivity contribution in [2.45, 2.75) is 44.8 Å². The fourth-order valence-corrected chi connectivity index (χ4v) is 6.18. The fraction of sp³-hybridized carbons (Fsp3) is 0.462. The number of nitrogens with one attached hydrogen (secondary N) is 3. The van der Waals surface area contributed by atoms with Crippen LogP contribution in [0.15, 0.2) is 42.5 Å². The molecule has 3 N–H and O–H groups in total. The number of methoxy groups -OCH3 is 2. The van der Waals surface area contributed by atoms with Gasteiger partial charge >= 0.3 is 0 Å². The molecule has 174 valence electrons. The number of ether oxygens (including phenoxy) is 2. The molecule has 33 heavy (non-hydrogen) atoms. The molecule has 1 heterocycles. The third-order valence-electron chi connectivity index (χ3n) is 7.93. The summed E-state index contributed by atoms with van der Waals surface area (Å²) in [6, 6.07) is 13.2. The van der Waals surface area contributed by atoms with E-state index in [2.05, 4.69) is 22.9 Å². The van der Waals surface area contributed by atoms with Gasteiger partial charge in [-0.1, -0.05) is 19.1 Å². The van der Waals surface area contributed by atoms with E-state index >= 15 is 0 Å². The highest BCUT2D eigenvalue weighted by atomic mass is 16.5. The molecule has 6 rings (SSSR count). The van der Waals surface area contributed by atoms with Crippen molar-refractivity contribution in [1.82, 2.24) is 10.6 Å². The first-order valence-corrected chi connectivity index (χ1v) is 11.6. The van der Waals surface area contributed by atoms with E-state index < -0.39 is 5.66 Å². The van der Waals surface area contributed by atoms with Crippen molar-refractivity contribution in [3.05, 3.63) is 53.6 Å². The van der Waals surface area contributed by atoms with Gasteiger partial charge in [0.25, 0.3) is 5.91 Å². The Labute approximate surface area is 194 Å². The third kappa shape index (κ3) is 3.59. The lowest BCUT2D eigenvalue weighted by Crippen LogP contribution is -2.70. The normalized spacial score (nSPS) is 29.6. The van der Waals surface area contributed by atoms with Crippen LogP contribution in [0.3, 0.4) is 0 Å². The molecule has 7 nitrogen and oxygen atoms in total. The number of fused-ring (bicyclic) bond motifs is 3. The van der Waals surface area contributed by atoms with Crippen molar-refractivity contribution in [2.24, 2.45) is 17.3 Å². The molecule has 4 atom stereocenters. The molecule has 7 heteroatoms. The number of hydrogen-bond donors (Lipinski definition) is 3. The Morgan fingerprint density at radius 1 is 1.15 bits per heavy atom. The molecule has 0 radical (unpaired) electrons. The number of rotatable bonds is 5. The lowest BCUT2D eigenvalue weighted by molar-refractivity contribution is -0.139. The molecular formula is C26H31N3O4. The van der Waals surface area contributed by atoms with Gasteiger partial charge in [-0.05, 0) is 61.4 Å². The highest BCUT2D eigenvalue weighted by molar-refractivity contribution is 6.02. The molecule has 0 aromatic heterocycles. The van der Waals surface area contributed by atoms with Crippen LogP contribution in [0.1, 0.15) is 48.5 Å². The number of hydrogen-bond acceptors (Lipinski definition) is 5. The van der Waals surface area contributed by atoms with E-state index in [0.29, 0.717) is 12.1 Å². The lowest BCUT2D eigenvalue weighted by atomic mass is 9.51. The zero-order chi connectivity index (χ0) is 23.2. The van der Waals surface area contributed by atoms with Gasteiger partial charge in [0.05, 0.1) is 19.8 Å². The molecule has 2 aromatic rings. The van der Waals surface area contributed by atoms with Crippen LogP contribution in [0.4, 0.5) is 5.69 Å². The first kappa shape index (κ1) is 21.6. The van der Waals surface area contributed by atoms with Crippen LogP contribution in [-0.4, -0.2) is 31.7 Å². The van der Waals surface area contributed by atoms with E-state index in [1.54, 1.807) is 14.2 Å². The van der Waals surface area contributed by atoms with Gasteiger partial charge in [0.2, 0.25) is 5.91 Å². The van der Waals surface area contributed by atoms with Crippen LogP contribution in [-0.2, 0) is 11.3 Å². The van der Waals surface area contributed by atoms with E-state index in [1.165, 1.54) is 0 Å². The number of carbonyl (C=O) groups excluding carboxylic acids is 2. The van der Waals surface area contributed by atoms with Crippen LogP contribution in [0, 0.1) is 17.3 Å².